The third-order valence-electron chi connectivity index (χ3n) is 5.65. The summed E-state index contributed by atoms with van der Waals surface area (Å²) in [6.07, 6.45) is -0.479. The lowest BCUT2D eigenvalue weighted by molar-refractivity contribution is 0.0878. The van der Waals surface area contributed by atoms with Crippen LogP contribution in [-0.4, -0.2) is 11.0 Å². The van der Waals surface area contributed by atoms with Gasteiger partial charge in [-0.05, 0) is 22.6 Å². The molecule has 156 valence electrons. The van der Waals surface area contributed by atoms with Crippen molar-refractivity contribution in [2.75, 3.05) is 0 Å². The number of aliphatic hydroxyl groups excluding tert-OH is 1. The Bertz CT molecular complexity index is 995. The van der Waals surface area contributed by atoms with E-state index in [0.717, 1.165) is 16.7 Å². The highest BCUT2D eigenvalue weighted by Gasteiger charge is 2.51. The van der Waals surface area contributed by atoms with Crippen molar-refractivity contribution in [2.24, 2.45) is 5.92 Å². The Morgan fingerprint density at radius 3 is 1.77 bits per heavy atom. The molecule has 0 amide bonds. The first kappa shape index (κ1) is 21.0. The van der Waals surface area contributed by atoms with Crippen LogP contribution < -0.4 is 5.32 Å². The molecule has 3 aromatic rings. The van der Waals surface area contributed by atoms with Gasteiger partial charge < -0.3 is 9.63 Å². The fourth-order valence-corrected chi connectivity index (χ4v) is 7.00. The van der Waals surface area contributed by atoms with Crippen molar-refractivity contribution in [1.82, 2.24) is 5.32 Å². The minimum Gasteiger partial charge on any atom is -0.383 e. The minimum atomic E-state index is -3.53. The lowest BCUT2D eigenvalue weighted by Gasteiger charge is -2.45. The Kier molecular flexibility index (Phi) is 6.21. The molecule has 1 unspecified atom stereocenters. The van der Waals surface area contributed by atoms with E-state index in [9.17, 15) is 9.67 Å². The molecule has 5 atom stereocenters. The summed E-state index contributed by atoms with van der Waals surface area (Å²) < 4.78 is 20.8. The van der Waals surface area contributed by atoms with Crippen LogP contribution in [0.3, 0.4) is 0 Å². The highest BCUT2D eigenvalue weighted by atomic mass is 31.2. The summed E-state index contributed by atoms with van der Waals surface area (Å²) in [4.78, 5) is 0. The van der Waals surface area contributed by atoms with E-state index in [0.29, 0.717) is 0 Å². The van der Waals surface area contributed by atoms with Crippen molar-refractivity contribution in [1.29, 1.82) is 0 Å². The number of hydrogen-bond donors (Lipinski definition) is 2. The number of rotatable bonds is 5. The summed E-state index contributed by atoms with van der Waals surface area (Å²) in [5.74, 6) is -1.87. The van der Waals surface area contributed by atoms with Gasteiger partial charge in [-0.3, -0.25) is 9.88 Å². The second kappa shape index (κ2) is 8.87. The fraction of sp³-hybridized carbons (Fsp3) is 0.280. The number of hydrogen-bond acceptors (Lipinski definition) is 4. The van der Waals surface area contributed by atoms with Crippen molar-refractivity contribution in [3.8, 4) is 0 Å². The first-order valence-electron chi connectivity index (χ1n) is 10.4. The molecule has 3 aromatic carbocycles. The van der Waals surface area contributed by atoms with Gasteiger partial charge in [0.15, 0.2) is 0 Å². The predicted octanol–water partition coefficient (Wildman–Crippen LogP) is 6.04. The molecule has 0 aromatic heterocycles. The van der Waals surface area contributed by atoms with E-state index in [2.05, 4.69) is 5.32 Å². The molecule has 4 nitrogen and oxygen atoms in total. The van der Waals surface area contributed by atoms with Crippen LogP contribution in [0.4, 0.5) is 0 Å². The lowest BCUT2D eigenvalue weighted by atomic mass is 9.95. The quantitative estimate of drug-likeness (QED) is 0.493. The highest BCUT2D eigenvalue weighted by molar-refractivity contribution is 7.59. The molecule has 0 radical (unpaired) electrons. The third-order valence-corrected chi connectivity index (χ3v) is 8.70. The number of benzene rings is 3. The van der Waals surface area contributed by atoms with Gasteiger partial charge in [0.05, 0.1) is 6.04 Å². The van der Waals surface area contributed by atoms with Crippen LogP contribution in [0.5, 0.6) is 0 Å². The predicted molar refractivity (Wildman–Crippen MR) is 120 cm³/mol. The Labute approximate surface area is 178 Å². The first-order chi connectivity index (χ1) is 14.5. The first-order valence-corrected chi connectivity index (χ1v) is 12.1. The van der Waals surface area contributed by atoms with E-state index in [1.807, 2.05) is 105 Å². The van der Waals surface area contributed by atoms with Crippen LogP contribution in [0, 0.1) is 5.92 Å². The van der Waals surface area contributed by atoms with E-state index in [1.54, 1.807) is 0 Å². The maximum atomic E-state index is 14.3. The van der Waals surface area contributed by atoms with E-state index < -0.39 is 25.1 Å². The SMILES string of the molecule is CC(C)C(O)[P@@]1(=O)O[C@H](c2ccccc2)[C@H](c2ccccc2)N[C@@H]1c1ccccc1. The van der Waals surface area contributed by atoms with Gasteiger partial charge in [-0.2, -0.15) is 0 Å². The van der Waals surface area contributed by atoms with Crippen LogP contribution in [0.2, 0.25) is 0 Å². The lowest BCUT2D eigenvalue weighted by Crippen LogP contribution is -2.40. The Morgan fingerprint density at radius 1 is 0.800 bits per heavy atom. The van der Waals surface area contributed by atoms with Crippen molar-refractivity contribution >= 4 is 7.37 Å². The van der Waals surface area contributed by atoms with Gasteiger partial charge in [0, 0.05) is 0 Å². The molecule has 0 bridgehead atoms. The van der Waals surface area contributed by atoms with Crippen molar-refractivity contribution < 1.29 is 14.2 Å². The third kappa shape index (κ3) is 4.01. The molecule has 1 aliphatic heterocycles. The molecule has 1 saturated heterocycles. The number of nitrogens with one attached hydrogen (secondary N) is 1. The normalized spacial score (nSPS) is 27.7. The van der Waals surface area contributed by atoms with E-state index in [4.69, 9.17) is 4.52 Å². The average molecular weight is 421 g/mol. The van der Waals surface area contributed by atoms with Gasteiger partial charge in [-0.25, -0.2) is 0 Å². The zero-order chi connectivity index (χ0) is 21.1. The fourth-order valence-electron chi connectivity index (χ4n) is 4.06. The van der Waals surface area contributed by atoms with Crippen LogP contribution in [-0.2, 0) is 9.09 Å². The van der Waals surface area contributed by atoms with E-state index in [1.165, 1.54) is 0 Å². The summed E-state index contributed by atoms with van der Waals surface area (Å²) in [6, 6.07) is 29.3. The minimum absolute atomic E-state index is 0.200. The Balaban J connectivity index is 1.84. The summed E-state index contributed by atoms with van der Waals surface area (Å²) in [5, 5.41) is 14.6. The average Bonchev–Trinajstić information content (AvgIpc) is 2.80. The van der Waals surface area contributed by atoms with E-state index >= 15 is 0 Å². The molecule has 2 N–H and O–H groups in total. The summed E-state index contributed by atoms with van der Waals surface area (Å²) >= 11 is 0. The van der Waals surface area contributed by atoms with Crippen molar-refractivity contribution in [3.63, 3.8) is 0 Å². The summed E-state index contributed by atoms with van der Waals surface area (Å²) in [6.45, 7) is 3.74. The second-order valence-corrected chi connectivity index (χ2v) is 10.7. The molecule has 0 aliphatic carbocycles. The molecule has 0 spiro atoms. The summed E-state index contributed by atoms with van der Waals surface area (Å²) in [7, 11) is -3.53. The highest BCUT2D eigenvalue weighted by Crippen LogP contribution is 2.69. The van der Waals surface area contributed by atoms with Gasteiger partial charge in [-0.15, -0.1) is 0 Å². The van der Waals surface area contributed by atoms with Gasteiger partial charge in [0.25, 0.3) is 7.37 Å². The van der Waals surface area contributed by atoms with Gasteiger partial charge in [0.2, 0.25) is 0 Å². The van der Waals surface area contributed by atoms with Gasteiger partial charge >= 0.3 is 0 Å². The molecule has 1 heterocycles. The van der Waals surface area contributed by atoms with Gasteiger partial charge in [-0.1, -0.05) is 105 Å². The largest absolute Gasteiger partial charge is 0.383 e. The van der Waals surface area contributed by atoms with Crippen LogP contribution in [0.1, 0.15) is 48.5 Å². The van der Waals surface area contributed by atoms with Crippen molar-refractivity contribution in [2.45, 2.75) is 37.6 Å². The maximum Gasteiger partial charge on any atom is 0.252 e. The molecular formula is C25H28NO3P. The topological polar surface area (TPSA) is 58.6 Å². The number of aliphatic hydroxyl groups is 1. The van der Waals surface area contributed by atoms with Crippen LogP contribution in [0.15, 0.2) is 91.0 Å². The van der Waals surface area contributed by atoms with Crippen LogP contribution >= 0.6 is 7.37 Å². The summed E-state index contributed by atoms with van der Waals surface area (Å²) in [5.41, 5.74) is 2.84. The molecule has 4 rings (SSSR count). The molecular weight excluding hydrogens is 393 g/mol. The second-order valence-electron chi connectivity index (χ2n) is 8.11. The molecule has 0 saturated carbocycles. The Hall–Kier alpha value is -2.23. The zero-order valence-electron chi connectivity index (χ0n) is 17.3. The molecule has 30 heavy (non-hydrogen) atoms. The van der Waals surface area contributed by atoms with E-state index in [-0.39, 0.29) is 12.0 Å². The monoisotopic (exact) mass is 421 g/mol. The Morgan fingerprint density at radius 2 is 1.27 bits per heavy atom. The van der Waals surface area contributed by atoms with Crippen LogP contribution in [0.25, 0.3) is 0 Å². The molecule has 1 fully saturated rings. The molecule has 5 heteroatoms. The molecule has 1 aliphatic rings. The van der Waals surface area contributed by atoms with Crippen molar-refractivity contribution in [3.05, 3.63) is 108 Å². The maximum absolute atomic E-state index is 14.3. The standard InChI is InChI=1S/C25H28NO3P/c1-18(2)25(27)30(28)24(21-16-10-5-11-17-21)26-22(19-12-6-3-7-13-19)23(29-30)20-14-8-4-9-15-20/h3-18,22-27H,1-2H3/t22-,23+,24-,25?,30-/m0/s1. The van der Waals surface area contributed by atoms with Gasteiger partial charge in [0.1, 0.15) is 17.7 Å². The smallest absolute Gasteiger partial charge is 0.252 e. The zero-order valence-corrected chi connectivity index (χ0v) is 18.2.